The zero-order chi connectivity index (χ0) is 32.7. The van der Waals surface area contributed by atoms with Gasteiger partial charge in [0.25, 0.3) is 10.0 Å². The molecule has 5 rings (SSSR count). The fourth-order valence-electron chi connectivity index (χ4n) is 5.76. The fourth-order valence-corrected chi connectivity index (χ4v) is 7.39. The number of para-hydroxylation sites is 1. The van der Waals surface area contributed by atoms with Crippen molar-refractivity contribution >= 4 is 39.1 Å². The highest BCUT2D eigenvalue weighted by atomic mass is 35.5. The molecule has 4 aromatic rings. The molecule has 1 unspecified atom stereocenters. The molecule has 240 valence electrons. The van der Waals surface area contributed by atoms with Gasteiger partial charge >= 0.3 is 0 Å². The summed E-state index contributed by atoms with van der Waals surface area (Å²) in [6.45, 7) is 1.07. The molecule has 1 aliphatic rings. The first-order valence-electron chi connectivity index (χ1n) is 15.3. The molecule has 0 aliphatic heterocycles. The lowest BCUT2D eigenvalue weighted by Crippen LogP contribution is -2.54. The molecule has 1 aliphatic carbocycles. The van der Waals surface area contributed by atoms with Gasteiger partial charge in [0.15, 0.2) is 0 Å². The van der Waals surface area contributed by atoms with Crippen LogP contribution in [-0.4, -0.2) is 43.8 Å². The Bertz CT molecular complexity index is 1760. The van der Waals surface area contributed by atoms with E-state index in [-0.39, 0.29) is 35.5 Å². The standard InChI is InChI=1S/C36H37ClFN3O4S/c1-26-18-20-31(21-19-26)46(44,45)41(33-17-8-7-16-32(33)38)25-35(42)40(24-28-12-9-13-29(37)22-28)34(23-27-10-3-2-4-11-27)36(43)39-30-14-5-6-15-30/h2-4,7-13,16-22,30,34H,5-6,14-15,23-25H2,1H3,(H,39,43). The molecule has 2 amide bonds. The van der Waals surface area contributed by atoms with Crippen LogP contribution < -0.4 is 9.62 Å². The van der Waals surface area contributed by atoms with E-state index in [1.165, 1.54) is 35.2 Å². The van der Waals surface area contributed by atoms with Gasteiger partial charge in [0.05, 0.1) is 10.6 Å². The maximum absolute atomic E-state index is 15.3. The van der Waals surface area contributed by atoms with Crippen molar-refractivity contribution in [3.05, 3.63) is 131 Å². The third kappa shape index (κ3) is 8.13. The van der Waals surface area contributed by atoms with Gasteiger partial charge in [-0.05, 0) is 67.3 Å². The number of hydrogen-bond acceptors (Lipinski definition) is 4. The fraction of sp³-hybridized carbons (Fsp3) is 0.278. The van der Waals surface area contributed by atoms with Crippen LogP contribution in [0.5, 0.6) is 0 Å². The van der Waals surface area contributed by atoms with E-state index in [9.17, 15) is 18.0 Å². The molecule has 0 spiro atoms. The van der Waals surface area contributed by atoms with Crippen LogP contribution in [0.15, 0.2) is 108 Å². The number of rotatable bonds is 12. The quantitative estimate of drug-likeness (QED) is 0.184. The van der Waals surface area contributed by atoms with Gasteiger partial charge in [0.1, 0.15) is 18.4 Å². The van der Waals surface area contributed by atoms with Crippen LogP contribution in [0.1, 0.15) is 42.4 Å². The van der Waals surface area contributed by atoms with E-state index in [1.807, 2.05) is 37.3 Å². The Hall–Kier alpha value is -4.21. The maximum atomic E-state index is 15.3. The average Bonchev–Trinajstić information content (AvgIpc) is 3.55. The summed E-state index contributed by atoms with van der Waals surface area (Å²) >= 11 is 6.30. The third-order valence-electron chi connectivity index (χ3n) is 8.22. The third-order valence-corrected chi connectivity index (χ3v) is 10.2. The minimum absolute atomic E-state index is 0.00859. The molecule has 0 heterocycles. The lowest BCUT2D eigenvalue weighted by Gasteiger charge is -2.34. The Morgan fingerprint density at radius 1 is 0.891 bits per heavy atom. The van der Waals surface area contributed by atoms with Crippen LogP contribution in [0.25, 0.3) is 0 Å². The second kappa shape index (κ2) is 14.9. The van der Waals surface area contributed by atoms with Gasteiger partial charge in [0.2, 0.25) is 11.8 Å². The first-order valence-corrected chi connectivity index (χ1v) is 17.2. The van der Waals surface area contributed by atoms with Crippen LogP contribution in [0.3, 0.4) is 0 Å². The molecule has 1 saturated carbocycles. The summed E-state index contributed by atoms with van der Waals surface area (Å²) in [5.41, 5.74) is 2.06. The molecule has 1 fully saturated rings. The first-order chi connectivity index (χ1) is 22.1. The summed E-state index contributed by atoms with van der Waals surface area (Å²) in [4.78, 5) is 29.9. The number of benzene rings is 4. The Morgan fingerprint density at radius 2 is 1.54 bits per heavy atom. The van der Waals surface area contributed by atoms with Crippen LogP contribution in [0.2, 0.25) is 5.02 Å². The van der Waals surface area contributed by atoms with Gasteiger partial charge in [-0.3, -0.25) is 13.9 Å². The van der Waals surface area contributed by atoms with E-state index in [4.69, 9.17) is 11.6 Å². The maximum Gasteiger partial charge on any atom is 0.264 e. The molecule has 0 saturated heterocycles. The Morgan fingerprint density at radius 3 is 2.22 bits per heavy atom. The van der Waals surface area contributed by atoms with Crippen molar-refractivity contribution in [1.82, 2.24) is 10.2 Å². The van der Waals surface area contributed by atoms with Gasteiger partial charge in [-0.15, -0.1) is 0 Å². The van der Waals surface area contributed by atoms with Gasteiger partial charge in [-0.25, -0.2) is 12.8 Å². The summed E-state index contributed by atoms with van der Waals surface area (Å²) in [6, 6.07) is 26.9. The highest BCUT2D eigenvalue weighted by Gasteiger charge is 2.36. The second-order valence-corrected chi connectivity index (χ2v) is 13.9. The summed E-state index contributed by atoms with van der Waals surface area (Å²) in [6.07, 6.45) is 3.90. The number of anilines is 1. The highest BCUT2D eigenvalue weighted by Crippen LogP contribution is 2.28. The van der Waals surface area contributed by atoms with E-state index in [2.05, 4.69) is 5.32 Å². The number of sulfonamides is 1. The summed E-state index contributed by atoms with van der Waals surface area (Å²) in [7, 11) is -4.40. The van der Waals surface area contributed by atoms with Crippen LogP contribution >= 0.6 is 11.6 Å². The van der Waals surface area contributed by atoms with Crippen LogP contribution in [0.4, 0.5) is 10.1 Å². The molecular formula is C36H37ClFN3O4S. The molecule has 10 heteroatoms. The van der Waals surface area contributed by atoms with Gasteiger partial charge in [0, 0.05) is 24.0 Å². The van der Waals surface area contributed by atoms with Crippen molar-refractivity contribution in [2.24, 2.45) is 0 Å². The number of amides is 2. The van der Waals surface area contributed by atoms with Crippen molar-refractivity contribution in [2.75, 3.05) is 10.8 Å². The van der Waals surface area contributed by atoms with Crippen molar-refractivity contribution < 1.29 is 22.4 Å². The Kier molecular flexibility index (Phi) is 10.8. The molecule has 0 bridgehead atoms. The van der Waals surface area contributed by atoms with E-state index in [0.29, 0.717) is 10.6 Å². The van der Waals surface area contributed by atoms with E-state index in [0.717, 1.165) is 47.2 Å². The zero-order valence-corrected chi connectivity index (χ0v) is 27.2. The lowest BCUT2D eigenvalue weighted by molar-refractivity contribution is -0.140. The van der Waals surface area contributed by atoms with Crippen molar-refractivity contribution in [3.8, 4) is 0 Å². The molecule has 0 aromatic heterocycles. The predicted molar refractivity (Wildman–Crippen MR) is 178 cm³/mol. The smallest absolute Gasteiger partial charge is 0.264 e. The largest absolute Gasteiger partial charge is 0.352 e. The monoisotopic (exact) mass is 661 g/mol. The van der Waals surface area contributed by atoms with Crippen LogP contribution in [0, 0.1) is 12.7 Å². The van der Waals surface area contributed by atoms with Gasteiger partial charge in [-0.1, -0.05) is 96.7 Å². The number of aryl methyl sites for hydroxylation is 1. The molecule has 1 N–H and O–H groups in total. The number of carbonyl (C=O) groups excluding carboxylic acids is 2. The van der Waals surface area contributed by atoms with E-state index >= 15 is 4.39 Å². The second-order valence-electron chi connectivity index (χ2n) is 11.6. The summed E-state index contributed by atoms with van der Waals surface area (Å²) in [5, 5.41) is 3.59. The highest BCUT2D eigenvalue weighted by molar-refractivity contribution is 7.92. The van der Waals surface area contributed by atoms with Gasteiger partial charge < -0.3 is 10.2 Å². The van der Waals surface area contributed by atoms with Crippen molar-refractivity contribution in [3.63, 3.8) is 0 Å². The van der Waals surface area contributed by atoms with Crippen molar-refractivity contribution in [2.45, 2.75) is 62.6 Å². The minimum Gasteiger partial charge on any atom is -0.352 e. The topological polar surface area (TPSA) is 86.8 Å². The summed E-state index contributed by atoms with van der Waals surface area (Å²) in [5.74, 6) is -1.79. The van der Waals surface area contributed by atoms with E-state index in [1.54, 1.807) is 36.4 Å². The molecule has 1 atom stereocenters. The average molecular weight is 662 g/mol. The van der Waals surface area contributed by atoms with Crippen LogP contribution in [-0.2, 0) is 32.6 Å². The Labute approximate surface area is 275 Å². The SMILES string of the molecule is Cc1ccc(S(=O)(=O)N(CC(=O)N(Cc2cccc(Cl)c2)C(Cc2ccccc2)C(=O)NC2CCCC2)c2ccccc2F)cc1. The zero-order valence-electron chi connectivity index (χ0n) is 25.6. The predicted octanol–water partition coefficient (Wildman–Crippen LogP) is 6.68. The number of hydrogen-bond donors (Lipinski definition) is 1. The number of carbonyl (C=O) groups is 2. The lowest BCUT2D eigenvalue weighted by atomic mass is 10.0. The molecule has 4 aromatic carbocycles. The molecular weight excluding hydrogens is 625 g/mol. The molecule has 7 nitrogen and oxygen atoms in total. The van der Waals surface area contributed by atoms with Crippen molar-refractivity contribution in [1.29, 1.82) is 0 Å². The van der Waals surface area contributed by atoms with E-state index < -0.39 is 34.3 Å². The Balaban J connectivity index is 1.57. The number of halogens is 2. The van der Waals surface area contributed by atoms with Gasteiger partial charge in [-0.2, -0.15) is 0 Å². The number of nitrogens with one attached hydrogen (secondary N) is 1. The first kappa shape index (κ1) is 33.2. The minimum atomic E-state index is -4.40. The summed E-state index contributed by atoms with van der Waals surface area (Å²) < 4.78 is 44.2. The molecule has 0 radical (unpaired) electrons. The number of nitrogens with zero attached hydrogens (tertiary/aromatic N) is 2. The molecule has 46 heavy (non-hydrogen) atoms. The normalized spacial score (nSPS) is 14.1.